The number of pyridine rings is 1. The summed E-state index contributed by atoms with van der Waals surface area (Å²) in [4.78, 5) is 16.4. The van der Waals surface area contributed by atoms with Crippen molar-refractivity contribution >= 4 is 11.7 Å². The quantitative estimate of drug-likeness (QED) is 0.770. The molecule has 1 aromatic rings. The van der Waals surface area contributed by atoms with Crippen molar-refractivity contribution in [2.24, 2.45) is 0 Å². The first-order valence-electron chi connectivity index (χ1n) is 6.89. The summed E-state index contributed by atoms with van der Waals surface area (Å²) in [6.45, 7) is 2.76. The van der Waals surface area contributed by atoms with Crippen LogP contribution in [0.2, 0.25) is 0 Å². The highest BCUT2D eigenvalue weighted by atomic mass is 16.3. The zero-order valence-corrected chi connectivity index (χ0v) is 11.2. The van der Waals surface area contributed by atoms with Gasteiger partial charge in [0.15, 0.2) is 0 Å². The highest BCUT2D eigenvalue weighted by molar-refractivity contribution is 5.92. The Morgan fingerprint density at radius 3 is 2.79 bits per heavy atom. The van der Waals surface area contributed by atoms with Crippen LogP contribution in [0.15, 0.2) is 18.2 Å². The van der Waals surface area contributed by atoms with Crippen LogP contribution in [0.4, 0.5) is 5.82 Å². The number of aliphatic hydroxyl groups is 1. The smallest absolute Gasteiger partial charge is 0.270 e. The van der Waals surface area contributed by atoms with Gasteiger partial charge >= 0.3 is 0 Å². The summed E-state index contributed by atoms with van der Waals surface area (Å²) in [5.74, 6) is 0.579. The van der Waals surface area contributed by atoms with Crippen LogP contribution in [-0.4, -0.2) is 34.7 Å². The van der Waals surface area contributed by atoms with Gasteiger partial charge < -0.3 is 15.7 Å². The molecule has 0 radical (unpaired) electrons. The van der Waals surface area contributed by atoms with Gasteiger partial charge in [0.05, 0.1) is 6.10 Å². The summed E-state index contributed by atoms with van der Waals surface area (Å²) >= 11 is 0. The molecule has 1 aromatic heterocycles. The molecule has 0 unspecified atom stereocenters. The van der Waals surface area contributed by atoms with Crippen LogP contribution >= 0.6 is 0 Å². The molecular weight excluding hydrogens is 242 g/mol. The van der Waals surface area contributed by atoms with Gasteiger partial charge in [-0.05, 0) is 44.7 Å². The molecule has 0 bridgehead atoms. The number of nitrogens with zero attached hydrogens (tertiary/aromatic N) is 1. The van der Waals surface area contributed by atoms with Crippen LogP contribution < -0.4 is 10.6 Å². The predicted molar refractivity (Wildman–Crippen MR) is 74.1 cm³/mol. The summed E-state index contributed by atoms with van der Waals surface area (Å²) in [6.07, 6.45) is 2.98. The molecule has 104 valence electrons. The van der Waals surface area contributed by atoms with E-state index in [1.54, 1.807) is 6.07 Å². The van der Waals surface area contributed by atoms with Gasteiger partial charge in [0.25, 0.3) is 5.91 Å². The van der Waals surface area contributed by atoms with Gasteiger partial charge in [-0.15, -0.1) is 0 Å². The van der Waals surface area contributed by atoms with E-state index in [-0.39, 0.29) is 18.1 Å². The van der Waals surface area contributed by atoms with E-state index < -0.39 is 0 Å². The van der Waals surface area contributed by atoms with Crippen LogP contribution in [0.25, 0.3) is 0 Å². The third kappa shape index (κ3) is 3.92. The third-order valence-corrected chi connectivity index (χ3v) is 3.37. The molecule has 0 aromatic carbocycles. The molecule has 0 spiro atoms. The summed E-state index contributed by atoms with van der Waals surface area (Å²) in [5, 5.41) is 15.5. The Labute approximate surface area is 113 Å². The molecule has 0 atom stereocenters. The largest absolute Gasteiger partial charge is 0.393 e. The third-order valence-electron chi connectivity index (χ3n) is 3.37. The highest BCUT2D eigenvalue weighted by Gasteiger charge is 2.21. The number of carbonyl (C=O) groups is 1. The molecule has 1 heterocycles. The average molecular weight is 263 g/mol. The maximum atomic E-state index is 12.1. The van der Waals surface area contributed by atoms with Crippen molar-refractivity contribution in [2.45, 2.75) is 44.8 Å². The number of anilines is 1. The highest BCUT2D eigenvalue weighted by Crippen LogP contribution is 2.18. The lowest BCUT2D eigenvalue weighted by atomic mass is 9.93. The zero-order valence-electron chi connectivity index (χ0n) is 11.2. The number of carbonyl (C=O) groups excluding carboxylic acids is 1. The summed E-state index contributed by atoms with van der Waals surface area (Å²) in [6, 6.07) is 5.54. The van der Waals surface area contributed by atoms with Gasteiger partial charge in [0, 0.05) is 12.6 Å². The minimum absolute atomic E-state index is 0.138. The topological polar surface area (TPSA) is 74.2 Å². The lowest BCUT2D eigenvalue weighted by Gasteiger charge is -2.26. The summed E-state index contributed by atoms with van der Waals surface area (Å²) in [5.41, 5.74) is 0.435. The first-order valence-corrected chi connectivity index (χ1v) is 6.89. The van der Waals surface area contributed by atoms with Crippen LogP contribution in [0.5, 0.6) is 0 Å². The predicted octanol–water partition coefficient (Wildman–Crippen LogP) is 1.55. The van der Waals surface area contributed by atoms with E-state index in [0.717, 1.165) is 32.2 Å². The number of hydrogen-bond donors (Lipinski definition) is 3. The standard InChI is InChI=1S/C14H21N3O2/c1-2-15-13-5-3-4-12(17-13)14(19)16-10-6-8-11(18)9-7-10/h3-5,10-11,18H,2,6-9H2,1H3,(H,15,17)(H,16,19). The molecule has 1 aliphatic carbocycles. The SMILES string of the molecule is CCNc1cccc(C(=O)NC2CCC(O)CC2)n1. The van der Waals surface area contributed by atoms with Crippen molar-refractivity contribution in [3.05, 3.63) is 23.9 Å². The van der Waals surface area contributed by atoms with Crippen molar-refractivity contribution in [1.82, 2.24) is 10.3 Å². The van der Waals surface area contributed by atoms with Crippen LogP contribution in [0.1, 0.15) is 43.1 Å². The van der Waals surface area contributed by atoms with Gasteiger partial charge in [-0.25, -0.2) is 4.98 Å². The Balaban J connectivity index is 1.94. The van der Waals surface area contributed by atoms with E-state index >= 15 is 0 Å². The fourth-order valence-corrected chi connectivity index (χ4v) is 2.32. The summed E-state index contributed by atoms with van der Waals surface area (Å²) in [7, 11) is 0. The van der Waals surface area contributed by atoms with E-state index in [0.29, 0.717) is 11.5 Å². The molecule has 1 fully saturated rings. The summed E-state index contributed by atoms with van der Waals surface area (Å²) < 4.78 is 0. The Bertz CT molecular complexity index is 428. The maximum Gasteiger partial charge on any atom is 0.270 e. The van der Waals surface area contributed by atoms with Gasteiger partial charge in [0.2, 0.25) is 0 Å². The molecule has 1 amide bonds. The lowest BCUT2D eigenvalue weighted by Crippen LogP contribution is -2.38. The van der Waals surface area contributed by atoms with Crippen molar-refractivity contribution in [1.29, 1.82) is 0 Å². The van der Waals surface area contributed by atoms with Crippen molar-refractivity contribution < 1.29 is 9.90 Å². The van der Waals surface area contributed by atoms with E-state index in [1.807, 2.05) is 19.1 Å². The van der Waals surface area contributed by atoms with E-state index in [9.17, 15) is 9.90 Å². The van der Waals surface area contributed by atoms with Gasteiger partial charge in [-0.1, -0.05) is 6.07 Å². The normalized spacial score (nSPS) is 22.8. The number of amides is 1. The van der Waals surface area contributed by atoms with Crippen LogP contribution in [-0.2, 0) is 0 Å². The van der Waals surface area contributed by atoms with Crippen molar-refractivity contribution in [2.75, 3.05) is 11.9 Å². The van der Waals surface area contributed by atoms with Crippen LogP contribution in [0, 0.1) is 0 Å². The molecular formula is C14H21N3O2. The molecule has 19 heavy (non-hydrogen) atoms. The molecule has 1 saturated carbocycles. The van der Waals surface area contributed by atoms with E-state index in [4.69, 9.17) is 0 Å². The molecule has 5 heteroatoms. The van der Waals surface area contributed by atoms with E-state index in [2.05, 4.69) is 15.6 Å². The monoisotopic (exact) mass is 263 g/mol. The number of aliphatic hydroxyl groups excluding tert-OH is 1. The zero-order chi connectivity index (χ0) is 13.7. The lowest BCUT2D eigenvalue weighted by molar-refractivity contribution is 0.0863. The van der Waals surface area contributed by atoms with Gasteiger partial charge in [0.1, 0.15) is 11.5 Å². The Morgan fingerprint density at radius 2 is 2.11 bits per heavy atom. The molecule has 0 aliphatic heterocycles. The number of nitrogens with one attached hydrogen (secondary N) is 2. The fraction of sp³-hybridized carbons (Fsp3) is 0.571. The second-order valence-corrected chi connectivity index (χ2v) is 4.92. The molecule has 1 aliphatic rings. The van der Waals surface area contributed by atoms with Gasteiger partial charge in [-0.2, -0.15) is 0 Å². The Morgan fingerprint density at radius 1 is 1.37 bits per heavy atom. The molecule has 2 rings (SSSR count). The maximum absolute atomic E-state index is 12.1. The fourth-order valence-electron chi connectivity index (χ4n) is 2.32. The van der Waals surface area contributed by atoms with Crippen molar-refractivity contribution in [3.8, 4) is 0 Å². The Kier molecular flexibility index (Phi) is 4.74. The molecule has 5 nitrogen and oxygen atoms in total. The first-order chi connectivity index (χ1) is 9.19. The number of aromatic nitrogens is 1. The minimum atomic E-state index is -0.205. The van der Waals surface area contributed by atoms with Crippen LogP contribution in [0.3, 0.4) is 0 Å². The minimum Gasteiger partial charge on any atom is -0.393 e. The van der Waals surface area contributed by atoms with Gasteiger partial charge in [-0.3, -0.25) is 4.79 Å². The number of hydrogen-bond acceptors (Lipinski definition) is 4. The molecule has 3 N–H and O–H groups in total. The van der Waals surface area contributed by atoms with E-state index in [1.165, 1.54) is 0 Å². The second-order valence-electron chi connectivity index (χ2n) is 4.92. The average Bonchev–Trinajstić information content (AvgIpc) is 2.42. The second kappa shape index (κ2) is 6.52. The first kappa shape index (κ1) is 13.8. The number of rotatable bonds is 4. The molecule has 0 saturated heterocycles. The van der Waals surface area contributed by atoms with Crippen molar-refractivity contribution in [3.63, 3.8) is 0 Å². The Hall–Kier alpha value is -1.62.